The summed E-state index contributed by atoms with van der Waals surface area (Å²) in [4.78, 5) is 0. The third kappa shape index (κ3) is 4.33. The van der Waals surface area contributed by atoms with Gasteiger partial charge in [-0.15, -0.1) is 0 Å². The zero-order chi connectivity index (χ0) is 22.0. The molecule has 30 heavy (non-hydrogen) atoms. The number of benzene rings is 3. The summed E-state index contributed by atoms with van der Waals surface area (Å²) in [5.74, 6) is 0. The van der Waals surface area contributed by atoms with E-state index in [4.69, 9.17) is 0 Å². The number of hydrogen-bond acceptors (Lipinski definition) is 0. The molecule has 3 rings (SSSR count). The minimum atomic E-state index is 1.28. The van der Waals surface area contributed by atoms with Gasteiger partial charge in [0.25, 0.3) is 0 Å². The molecule has 0 aliphatic carbocycles. The molecule has 0 radical (unpaired) electrons. The van der Waals surface area contributed by atoms with Crippen LogP contribution >= 0.6 is 0 Å². The molecule has 0 amide bonds. The summed E-state index contributed by atoms with van der Waals surface area (Å²) in [6.45, 7) is 17.5. The molecule has 0 nitrogen and oxygen atoms in total. The van der Waals surface area contributed by atoms with Gasteiger partial charge in [0.05, 0.1) is 0 Å². The van der Waals surface area contributed by atoms with Crippen molar-refractivity contribution in [3.05, 3.63) is 98.1 Å². The summed E-state index contributed by atoms with van der Waals surface area (Å²) in [5.41, 5.74) is 15.9. The molecule has 0 unspecified atom stereocenters. The van der Waals surface area contributed by atoms with Crippen LogP contribution in [0.1, 0.15) is 62.6 Å². The summed E-state index contributed by atoms with van der Waals surface area (Å²) >= 11 is 0. The van der Waals surface area contributed by atoms with Crippen molar-refractivity contribution in [3.8, 4) is 11.1 Å². The minimum Gasteiger partial charge on any atom is -0.0871 e. The van der Waals surface area contributed by atoms with Crippen LogP contribution in [0.15, 0.2) is 42.5 Å². The van der Waals surface area contributed by atoms with Gasteiger partial charge in [-0.1, -0.05) is 60.7 Å². The van der Waals surface area contributed by atoms with Crippen molar-refractivity contribution in [2.75, 3.05) is 0 Å². The van der Waals surface area contributed by atoms with Crippen molar-refractivity contribution in [2.45, 2.75) is 55.4 Å². The highest BCUT2D eigenvalue weighted by atomic mass is 14.2. The maximum Gasteiger partial charge on any atom is -0.0106 e. The average Bonchev–Trinajstić information content (AvgIpc) is 2.70. The quantitative estimate of drug-likeness (QED) is 0.388. The topological polar surface area (TPSA) is 0 Å². The molecule has 154 valence electrons. The van der Waals surface area contributed by atoms with E-state index in [1.54, 1.807) is 0 Å². The van der Waals surface area contributed by atoms with Crippen molar-refractivity contribution < 1.29 is 0 Å². The maximum atomic E-state index is 2.35. The van der Waals surface area contributed by atoms with Gasteiger partial charge in [0.1, 0.15) is 0 Å². The van der Waals surface area contributed by atoms with E-state index in [2.05, 4.69) is 116 Å². The SMILES string of the molecule is C/C=C/c1cc(C)c(/C=C/c2cc(C)c(C)cc2-c2ccc(C)c(C)c2C)cc1C. The Morgan fingerprint density at radius 1 is 0.467 bits per heavy atom. The third-order valence-corrected chi connectivity index (χ3v) is 6.46. The lowest BCUT2D eigenvalue weighted by Crippen LogP contribution is -1.95. The Morgan fingerprint density at radius 2 is 1.00 bits per heavy atom. The van der Waals surface area contributed by atoms with Crippen LogP contribution in [0.5, 0.6) is 0 Å². The molecule has 0 aromatic heterocycles. The van der Waals surface area contributed by atoms with Gasteiger partial charge in [0.15, 0.2) is 0 Å². The predicted octanol–water partition coefficient (Wildman–Crippen LogP) is 8.72. The molecule has 0 heteroatoms. The second-order valence-electron chi connectivity index (χ2n) is 8.60. The Hall–Kier alpha value is -2.86. The van der Waals surface area contributed by atoms with E-state index >= 15 is 0 Å². The van der Waals surface area contributed by atoms with E-state index in [9.17, 15) is 0 Å². The van der Waals surface area contributed by atoms with E-state index in [-0.39, 0.29) is 0 Å². The molecule has 0 bridgehead atoms. The molecule has 3 aromatic rings. The first kappa shape index (κ1) is 21.8. The van der Waals surface area contributed by atoms with Gasteiger partial charge < -0.3 is 0 Å². The molecule has 0 atom stereocenters. The molecule has 0 heterocycles. The first-order valence-corrected chi connectivity index (χ1v) is 10.8. The summed E-state index contributed by atoms with van der Waals surface area (Å²) in [5, 5.41) is 0. The Kier molecular flexibility index (Phi) is 6.46. The fourth-order valence-corrected chi connectivity index (χ4v) is 4.04. The fourth-order valence-electron chi connectivity index (χ4n) is 4.04. The van der Waals surface area contributed by atoms with E-state index in [0.717, 1.165) is 0 Å². The van der Waals surface area contributed by atoms with E-state index < -0.39 is 0 Å². The van der Waals surface area contributed by atoms with Gasteiger partial charge in [-0.05, 0) is 122 Å². The largest absolute Gasteiger partial charge is 0.0871 e. The smallest absolute Gasteiger partial charge is 0.0106 e. The maximum absolute atomic E-state index is 2.35. The Morgan fingerprint density at radius 3 is 1.63 bits per heavy atom. The van der Waals surface area contributed by atoms with Crippen LogP contribution in [0.25, 0.3) is 29.4 Å². The highest BCUT2D eigenvalue weighted by molar-refractivity contribution is 5.84. The lowest BCUT2D eigenvalue weighted by molar-refractivity contribution is 1.26. The highest BCUT2D eigenvalue weighted by Crippen LogP contribution is 2.33. The second kappa shape index (κ2) is 8.88. The lowest BCUT2D eigenvalue weighted by Gasteiger charge is -2.16. The Bertz CT molecular complexity index is 1150. The summed E-state index contributed by atoms with van der Waals surface area (Å²) in [6, 6.07) is 13.8. The zero-order valence-corrected chi connectivity index (χ0v) is 19.8. The van der Waals surface area contributed by atoms with E-state index in [1.165, 1.54) is 66.8 Å². The van der Waals surface area contributed by atoms with Crippen LogP contribution in [0.2, 0.25) is 0 Å². The van der Waals surface area contributed by atoms with Crippen LogP contribution in [0.3, 0.4) is 0 Å². The van der Waals surface area contributed by atoms with Crippen molar-refractivity contribution in [1.82, 2.24) is 0 Å². The molecule has 3 aromatic carbocycles. The first-order valence-electron chi connectivity index (χ1n) is 10.8. The van der Waals surface area contributed by atoms with Crippen molar-refractivity contribution >= 4 is 18.2 Å². The van der Waals surface area contributed by atoms with Gasteiger partial charge in [0.2, 0.25) is 0 Å². The zero-order valence-electron chi connectivity index (χ0n) is 19.8. The third-order valence-electron chi connectivity index (χ3n) is 6.46. The molecular formula is C30H34. The average molecular weight is 395 g/mol. The molecule has 0 saturated carbocycles. The lowest BCUT2D eigenvalue weighted by atomic mass is 9.89. The Balaban J connectivity index is 2.13. The van der Waals surface area contributed by atoms with Gasteiger partial charge in [-0.2, -0.15) is 0 Å². The van der Waals surface area contributed by atoms with E-state index in [0.29, 0.717) is 0 Å². The molecular weight excluding hydrogens is 360 g/mol. The second-order valence-corrected chi connectivity index (χ2v) is 8.60. The standard InChI is InChI=1S/C30H34/c1-9-10-26-16-23(6)27(17-22(26)5)12-13-28-15-20(3)21(4)18-30(28)29-14-11-19(2)24(7)25(29)8/h9-18H,1-8H3/b10-9+,13-12+. The van der Waals surface area contributed by atoms with Gasteiger partial charge in [0, 0.05) is 0 Å². The number of aryl methyl sites for hydroxylation is 5. The molecule has 0 aliphatic rings. The van der Waals surface area contributed by atoms with Crippen LogP contribution in [0.4, 0.5) is 0 Å². The van der Waals surface area contributed by atoms with Gasteiger partial charge in [-0.25, -0.2) is 0 Å². The predicted molar refractivity (Wildman–Crippen MR) is 135 cm³/mol. The fraction of sp³-hybridized carbons (Fsp3) is 0.267. The van der Waals surface area contributed by atoms with Crippen LogP contribution in [-0.4, -0.2) is 0 Å². The molecule has 0 spiro atoms. The summed E-state index contributed by atoms with van der Waals surface area (Å²) < 4.78 is 0. The van der Waals surface area contributed by atoms with Crippen LogP contribution in [0, 0.1) is 48.5 Å². The van der Waals surface area contributed by atoms with Gasteiger partial charge >= 0.3 is 0 Å². The normalized spacial score (nSPS) is 11.7. The summed E-state index contributed by atoms with van der Waals surface area (Å²) in [6.07, 6.45) is 8.84. The van der Waals surface area contributed by atoms with E-state index in [1.807, 2.05) is 0 Å². The summed E-state index contributed by atoms with van der Waals surface area (Å²) in [7, 11) is 0. The van der Waals surface area contributed by atoms with Crippen molar-refractivity contribution in [1.29, 1.82) is 0 Å². The van der Waals surface area contributed by atoms with Crippen molar-refractivity contribution in [2.24, 2.45) is 0 Å². The monoisotopic (exact) mass is 394 g/mol. The van der Waals surface area contributed by atoms with Crippen LogP contribution < -0.4 is 0 Å². The first-order chi connectivity index (χ1) is 14.2. The van der Waals surface area contributed by atoms with Crippen LogP contribution in [-0.2, 0) is 0 Å². The molecule has 0 saturated heterocycles. The number of rotatable bonds is 4. The molecule has 0 aliphatic heterocycles. The Labute approximate surface area is 183 Å². The molecule has 0 N–H and O–H groups in total. The van der Waals surface area contributed by atoms with Crippen molar-refractivity contribution in [3.63, 3.8) is 0 Å². The highest BCUT2D eigenvalue weighted by Gasteiger charge is 2.11. The molecule has 0 fully saturated rings. The number of allylic oxidation sites excluding steroid dienone is 1. The minimum absolute atomic E-state index is 1.28. The number of hydrogen-bond donors (Lipinski definition) is 0. The van der Waals surface area contributed by atoms with Gasteiger partial charge in [-0.3, -0.25) is 0 Å².